The Bertz CT molecular complexity index is 918. The Hall–Kier alpha value is -0.279. The molecule has 5 heteroatoms. The summed E-state index contributed by atoms with van der Waals surface area (Å²) >= 11 is 2.50. The van der Waals surface area contributed by atoms with Gasteiger partial charge in [-0.05, 0) is 0 Å². The second-order valence-electron chi connectivity index (χ2n) is 8.42. The Morgan fingerprint density at radius 1 is 0.733 bits per heavy atom. The van der Waals surface area contributed by atoms with Crippen molar-refractivity contribution in [3.8, 4) is 0 Å². The van der Waals surface area contributed by atoms with E-state index in [0.717, 1.165) is 0 Å². The molecule has 0 saturated heterocycles. The van der Waals surface area contributed by atoms with Crippen LogP contribution in [0.15, 0.2) is 64.8 Å². The molecule has 0 nitrogen and oxygen atoms in total. The van der Waals surface area contributed by atoms with Gasteiger partial charge < -0.3 is 37.2 Å². The van der Waals surface area contributed by atoms with Gasteiger partial charge in [-0.2, -0.15) is 0 Å². The fourth-order valence-electron chi connectivity index (χ4n) is 4.85. The SMILES string of the molecule is CC1=C(C)[C]([Ti+3])(C([SiH2]c2cc(C)cc(C)c2)c2ccccc2C)C(C)=C1C.[Cl-].[Cl-].[Cl-]. The molecule has 0 N–H and O–H groups in total. The molecule has 1 unspecified atom stereocenters. The van der Waals surface area contributed by atoms with Crippen LogP contribution in [0, 0.1) is 20.8 Å². The molecule has 0 radical (unpaired) electrons. The summed E-state index contributed by atoms with van der Waals surface area (Å²) in [5.74, 6) is 0. The Balaban J connectivity index is 0.00000280. The summed E-state index contributed by atoms with van der Waals surface area (Å²) in [6.45, 7) is 16.1. The number of hydrogen-bond donors (Lipinski definition) is 0. The van der Waals surface area contributed by atoms with Crippen LogP contribution in [0.4, 0.5) is 0 Å². The summed E-state index contributed by atoms with van der Waals surface area (Å²) in [6, 6.07) is 16.2. The van der Waals surface area contributed by atoms with Crippen molar-refractivity contribution in [2.24, 2.45) is 0 Å². The average molecular weight is 514 g/mol. The molecule has 0 saturated carbocycles. The van der Waals surface area contributed by atoms with E-state index in [1.54, 1.807) is 21.9 Å². The van der Waals surface area contributed by atoms with Crippen molar-refractivity contribution in [3.63, 3.8) is 0 Å². The van der Waals surface area contributed by atoms with Crippen molar-refractivity contribution in [1.82, 2.24) is 0 Å². The van der Waals surface area contributed by atoms with Gasteiger partial charge in [-0.3, -0.25) is 0 Å². The molecule has 0 aromatic heterocycles. The number of hydrogen-bond acceptors (Lipinski definition) is 0. The van der Waals surface area contributed by atoms with Gasteiger partial charge in [0.2, 0.25) is 0 Å². The maximum Gasteiger partial charge on any atom is -1.00 e. The van der Waals surface area contributed by atoms with E-state index in [0.29, 0.717) is 5.54 Å². The number of aryl methyl sites for hydroxylation is 3. The second-order valence-corrected chi connectivity index (χ2v) is 11.7. The van der Waals surface area contributed by atoms with Crippen LogP contribution in [0.25, 0.3) is 0 Å². The van der Waals surface area contributed by atoms with E-state index in [1.807, 2.05) is 0 Å². The van der Waals surface area contributed by atoms with E-state index in [4.69, 9.17) is 0 Å². The molecule has 30 heavy (non-hydrogen) atoms. The van der Waals surface area contributed by atoms with Gasteiger partial charge in [0, 0.05) is 0 Å². The summed E-state index contributed by atoms with van der Waals surface area (Å²) in [7, 11) is -0.523. The topological polar surface area (TPSA) is 0 Å². The third-order valence-corrected chi connectivity index (χ3v) is 11.4. The molecule has 0 fully saturated rings. The predicted molar refractivity (Wildman–Crippen MR) is 117 cm³/mol. The number of benzene rings is 2. The van der Waals surface area contributed by atoms with Crippen molar-refractivity contribution < 1.29 is 57.7 Å². The maximum atomic E-state index is 2.50. The molecule has 0 amide bonds. The van der Waals surface area contributed by atoms with Gasteiger partial charge in [0.25, 0.3) is 0 Å². The van der Waals surface area contributed by atoms with Crippen LogP contribution < -0.4 is 42.4 Å². The van der Waals surface area contributed by atoms with Gasteiger partial charge in [-0.15, -0.1) is 0 Å². The van der Waals surface area contributed by atoms with Crippen LogP contribution in [0.3, 0.4) is 0 Å². The van der Waals surface area contributed by atoms with Crippen LogP contribution in [0.1, 0.15) is 55.5 Å². The van der Waals surface area contributed by atoms with E-state index in [-0.39, 0.29) is 40.9 Å². The molecule has 3 rings (SSSR count). The van der Waals surface area contributed by atoms with E-state index in [2.05, 4.69) is 111 Å². The Labute approximate surface area is 215 Å². The van der Waals surface area contributed by atoms with Crippen LogP contribution >= 0.6 is 0 Å². The average Bonchev–Trinajstić information content (AvgIpc) is 2.76. The van der Waals surface area contributed by atoms with E-state index in [9.17, 15) is 0 Å². The summed E-state index contributed by atoms with van der Waals surface area (Å²) in [5, 5.41) is 1.59. The van der Waals surface area contributed by atoms with Crippen molar-refractivity contribution >= 4 is 14.7 Å². The predicted octanol–water partition coefficient (Wildman–Crippen LogP) is -3.45. The first-order chi connectivity index (χ1) is 12.7. The Morgan fingerprint density at radius 3 is 1.67 bits per heavy atom. The normalized spacial score (nSPS) is 16.3. The van der Waals surface area contributed by atoms with Gasteiger partial charge >= 0.3 is 180 Å². The van der Waals surface area contributed by atoms with Gasteiger partial charge in [0.05, 0.1) is 0 Å². The van der Waals surface area contributed by atoms with Gasteiger partial charge in [-0.25, -0.2) is 0 Å². The largest absolute Gasteiger partial charge is 1.00 e. The summed E-state index contributed by atoms with van der Waals surface area (Å²) in [4.78, 5) is 0. The van der Waals surface area contributed by atoms with Crippen LogP contribution in [0.2, 0.25) is 3.72 Å². The summed E-state index contributed by atoms with van der Waals surface area (Å²) in [5.41, 5.74) is 12.5. The molecule has 0 aliphatic heterocycles. The fourth-order valence-corrected chi connectivity index (χ4v) is 9.11. The zero-order valence-corrected chi connectivity index (χ0v) is 24.2. The third-order valence-electron chi connectivity index (χ3n) is 6.68. The van der Waals surface area contributed by atoms with Crippen LogP contribution in [-0.2, 0) is 20.4 Å². The molecule has 1 atom stereocenters. The van der Waals surface area contributed by atoms with E-state index >= 15 is 0 Å². The van der Waals surface area contributed by atoms with Crippen LogP contribution in [0.5, 0.6) is 0 Å². The zero-order valence-electron chi connectivity index (χ0n) is 19.0. The first kappa shape index (κ1) is 29.7. The minimum atomic E-state index is -0.523. The number of halogens is 3. The minimum absolute atomic E-state index is 0. The van der Waals surface area contributed by atoms with Crippen LogP contribution in [-0.4, -0.2) is 9.52 Å². The molecule has 160 valence electrons. The van der Waals surface area contributed by atoms with E-state index in [1.165, 1.54) is 27.8 Å². The van der Waals surface area contributed by atoms with Gasteiger partial charge in [-0.1, -0.05) is 0 Å². The monoisotopic (exact) mass is 512 g/mol. The quantitative estimate of drug-likeness (QED) is 0.373. The van der Waals surface area contributed by atoms with Crippen molar-refractivity contribution in [1.29, 1.82) is 0 Å². The molecule has 1 aliphatic carbocycles. The molecule has 2 aromatic carbocycles. The first-order valence-electron chi connectivity index (χ1n) is 9.90. The Morgan fingerprint density at radius 2 is 1.20 bits per heavy atom. The zero-order chi connectivity index (χ0) is 19.9. The maximum absolute atomic E-state index is 2.50. The smallest absolute Gasteiger partial charge is 1.00 e. The minimum Gasteiger partial charge on any atom is -1.00 e. The van der Waals surface area contributed by atoms with Gasteiger partial charge in [0.15, 0.2) is 0 Å². The number of allylic oxidation sites excluding steroid dienone is 4. The van der Waals surface area contributed by atoms with Crippen molar-refractivity contribution in [3.05, 3.63) is 87.0 Å². The van der Waals surface area contributed by atoms with Crippen molar-refractivity contribution in [2.45, 2.75) is 57.7 Å². The molecular formula is C25H31Cl3SiTi. The van der Waals surface area contributed by atoms with E-state index < -0.39 is 9.52 Å². The molecule has 0 heterocycles. The first-order valence-corrected chi connectivity index (χ1v) is 12.2. The fraction of sp³-hybridized carbons (Fsp3) is 0.360. The number of rotatable bonds is 4. The molecule has 0 bridgehead atoms. The molecule has 0 spiro atoms. The Kier molecular flexibility index (Phi) is 11.4. The van der Waals surface area contributed by atoms with Gasteiger partial charge in [0.1, 0.15) is 0 Å². The standard InChI is InChI=1S/C25H31Si.3ClH.Ti/c1-15-12-16(2)14-22(13-15)26-25(23-11-9-8-10-17(23)3)24-20(6)18(4)19(5)21(24)7;;;;/h8-14,25H,26H2,1-7H3;3*1H;/q;;;;+3/p-3. The third kappa shape index (κ3) is 5.37. The summed E-state index contributed by atoms with van der Waals surface area (Å²) < 4.78 is 0.129. The molecule has 1 aliphatic rings. The summed E-state index contributed by atoms with van der Waals surface area (Å²) in [6.07, 6.45) is 0. The van der Waals surface area contributed by atoms with Crippen molar-refractivity contribution in [2.75, 3.05) is 0 Å². The molecular weight excluding hydrogens is 483 g/mol. The molecule has 2 aromatic rings. The second kappa shape index (κ2) is 11.5.